The number of amides is 4. The zero-order valence-electron chi connectivity index (χ0n) is 39.9. The smallest absolute Gasteiger partial charge is 0.326 e. The average molecular weight is 988 g/mol. The predicted molar refractivity (Wildman–Crippen MR) is 263 cm³/mol. The first-order valence-corrected chi connectivity index (χ1v) is 23.3. The van der Waals surface area contributed by atoms with Crippen LogP contribution in [-0.2, 0) is 90.3 Å². The number of hydrogen-bond donors (Lipinski definition) is 6. The van der Waals surface area contributed by atoms with Crippen molar-refractivity contribution in [3.05, 3.63) is 179 Å². The molecule has 0 unspecified atom stereocenters. The fraction of sp³-hybridized carbons (Fsp3) is 0.315. The molecule has 0 bridgehead atoms. The normalized spacial score (nSPS) is 13.4. The highest BCUT2D eigenvalue weighted by Crippen LogP contribution is 2.11. The number of ether oxygens (including phenoxy) is 5. The first kappa shape index (κ1) is 55.2. The lowest BCUT2D eigenvalue weighted by atomic mass is 10.1. The van der Waals surface area contributed by atoms with Gasteiger partial charge in [0, 0.05) is 6.42 Å². The first-order valence-electron chi connectivity index (χ1n) is 23.3. The zero-order valence-corrected chi connectivity index (χ0v) is 39.9. The number of rotatable bonds is 30. The minimum atomic E-state index is -1.58. The van der Waals surface area contributed by atoms with E-state index < -0.39 is 97.5 Å². The van der Waals surface area contributed by atoms with Gasteiger partial charge in [-0.25, -0.2) is 4.79 Å². The van der Waals surface area contributed by atoms with Gasteiger partial charge >= 0.3 is 17.9 Å². The highest BCUT2D eigenvalue weighted by Gasteiger charge is 2.35. The Labute approximate surface area is 417 Å². The number of aliphatic carboxylic acids is 1. The van der Waals surface area contributed by atoms with E-state index in [0.29, 0.717) is 0 Å². The van der Waals surface area contributed by atoms with Crippen LogP contribution in [0.5, 0.6) is 0 Å². The molecule has 0 spiro atoms. The molecule has 0 saturated heterocycles. The van der Waals surface area contributed by atoms with E-state index in [0.717, 1.165) is 27.8 Å². The van der Waals surface area contributed by atoms with Gasteiger partial charge in [-0.3, -0.25) is 28.8 Å². The number of hydrogen-bond acceptors (Lipinski definition) is 13. The van der Waals surface area contributed by atoms with Crippen LogP contribution < -0.4 is 27.0 Å². The standard InChI is InChI=1S/C54H61N5O13/c1-37(70-32-40-21-11-4-12-22-40)49(59-50(62)43(55)29-48(61)72-34-42-25-15-6-16-26-42)53(65)58-46(36-69-31-39-19-9-3-10-20-39)52(64)57-45(35-68-30-38-17-7-2-8-18-38)51(63)56-44(54(66)67)27-28-47(60)71-33-41-23-13-5-14-24-41/h2-26,37,43-46,49H,27-36,55H2,1H3,(H,56,63)(H,57,64)(H,58,65)(H,59,62)(H,66,67)/t37-,43+,44+,45+,46+,49+/m1/s1. The monoisotopic (exact) mass is 987 g/mol. The van der Waals surface area contributed by atoms with Gasteiger partial charge in [0.25, 0.3) is 0 Å². The summed E-state index contributed by atoms with van der Waals surface area (Å²) in [5.41, 5.74) is 9.86. The SMILES string of the molecule is C[C@@H](OCc1ccccc1)[C@H](NC(=O)[C@@H](N)CC(=O)OCc1ccccc1)C(=O)N[C@@H](COCc1ccccc1)C(=O)N[C@@H](COCc1ccccc1)C(=O)N[C@@H](CCC(=O)OCc1ccccc1)C(=O)O. The van der Waals surface area contributed by atoms with Crippen molar-refractivity contribution < 1.29 is 62.4 Å². The summed E-state index contributed by atoms with van der Waals surface area (Å²) in [6.45, 7) is 0.564. The average Bonchev–Trinajstić information content (AvgIpc) is 3.40. The summed E-state index contributed by atoms with van der Waals surface area (Å²) in [6, 6.07) is 37.1. The predicted octanol–water partition coefficient (Wildman–Crippen LogP) is 4.03. The fourth-order valence-electron chi connectivity index (χ4n) is 6.86. The second kappa shape index (κ2) is 30.1. The Kier molecular flexibility index (Phi) is 23.0. The molecule has 18 heteroatoms. The maximum Gasteiger partial charge on any atom is 0.326 e. The third kappa shape index (κ3) is 19.9. The van der Waals surface area contributed by atoms with E-state index in [1.54, 1.807) is 121 Å². The number of carbonyl (C=O) groups excluding carboxylic acids is 6. The number of carboxylic acids is 1. The lowest BCUT2D eigenvalue weighted by molar-refractivity contribution is -0.148. The van der Waals surface area contributed by atoms with Gasteiger partial charge in [0.2, 0.25) is 23.6 Å². The molecular weight excluding hydrogens is 927 g/mol. The first-order chi connectivity index (χ1) is 34.8. The minimum absolute atomic E-state index is 0.00461. The number of carbonyl (C=O) groups is 7. The molecule has 72 heavy (non-hydrogen) atoms. The second-order valence-electron chi connectivity index (χ2n) is 16.7. The molecule has 0 aromatic heterocycles. The Balaban J connectivity index is 1.33. The third-order valence-corrected chi connectivity index (χ3v) is 10.9. The van der Waals surface area contributed by atoms with Crippen molar-refractivity contribution in [2.24, 2.45) is 5.73 Å². The molecule has 5 aromatic rings. The van der Waals surface area contributed by atoms with Gasteiger partial charge in [0.15, 0.2) is 0 Å². The lowest BCUT2D eigenvalue weighted by Gasteiger charge is -2.29. The van der Waals surface area contributed by atoms with Crippen molar-refractivity contribution in [3.8, 4) is 0 Å². The Morgan fingerprint density at radius 3 is 1.28 bits per heavy atom. The molecule has 0 aliphatic carbocycles. The summed E-state index contributed by atoms with van der Waals surface area (Å²) in [4.78, 5) is 94.2. The third-order valence-electron chi connectivity index (χ3n) is 10.9. The van der Waals surface area contributed by atoms with Gasteiger partial charge in [-0.1, -0.05) is 152 Å². The van der Waals surface area contributed by atoms with Gasteiger partial charge in [0.1, 0.15) is 37.4 Å². The topological polar surface area (TPSA) is 260 Å². The number of nitrogens with one attached hydrogen (secondary N) is 4. The number of nitrogens with two attached hydrogens (primary N) is 1. The van der Waals surface area contributed by atoms with Gasteiger partial charge in [-0.05, 0) is 41.2 Å². The maximum absolute atomic E-state index is 14.4. The summed E-state index contributed by atoms with van der Waals surface area (Å²) < 4.78 is 28.4. The second-order valence-corrected chi connectivity index (χ2v) is 16.7. The molecule has 0 heterocycles. The van der Waals surface area contributed by atoms with Gasteiger partial charge in [-0.15, -0.1) is 0 Å². The number of esters is 2. The van der Waals surface area contributed by atoms with Crippen LogP contribution in [0.1, 0.15) is 54.0 Å². The Morgan fingerprint density at radius 2 is 0.847 bits per heavy atom. The van der Waals surface area contributed by atoms with Crippen LogP contribution in [0.25, 0.3) is 0 Å². The summed E-state index contributed by atoms with van der Waals surface area (Å²) in [5.74, 6) is -6.63. The van der Waals surface area contributed by atoms with Crippen LogP contribution in [0, 0.1) is 0 Å². The van der Waals surface area contributed by atoms with Crippen LogP contribution in [-0.4, -0.2) is 96.2 Å². The van der Waals surface area contributed by atoms with Crippen molar-refractivity contribution in [2.75, 3.05) is 13.2 Å². The van der Waals surface area contributed by atoms with Crippen LogP contribution >= 0.6 is 0 Å². The molecule has 6 atom stereocenters. The van der Waals surface area contributed by atoms with E-state index in [2.05, 4.69) is 21.3 Å². The molecule has 0 fully saturated rings. The Hall–Kier alpha value is -7.77. The number of benzene rings is 5. The fourth-order valence-corrected chi connectivity index (χ4v) is 6.86. The van der Waals surface area contributed by atoms with Crippen LogP contribution in [0.2, 0.25) is 0 Å². The Bertz CT molecular complexity index is 2470. The van der Waals surface area contributed by atoms with Crippen molar-refractivity contribution >= 4 is 41.5 Å². The van der Waals surface area contributed by atoms with E-state index in [1.165, 1.54) is 6.92 Å². The van der Waals surface area contributed by atoms with Crippen molar-refractivity contribution in [1.82, 2.24) is 21.3 Å². The van der Waals surface area contributed by atoms with E-state index >= 15 is 0 Å². The molecule has 0 saturated carbocycles. The molecule has 380 valence electrons. The highest BCUT2D eigenvalue weighted by molar-refractivity contribution is 5.96. The van der Waals surface area contributed by atoms with E-state index in [1.807, 2.05) is 30.3 Å². The molecule has 4 amide bonds. The van der Waals surface area contributed by atoms with Crippen LogP contribution in [0.4, 0.5) is 0 Å². The van der Waals surface area contributed by atoms with Gasteiger partial charge in [0.05, 0.1) is 51.6 Å². The van der Waals surface area contributed by atoms with Crippen molar-refractivity contribution in [1.29, 1.82) is 0 Å². The van der Waals surface area contributed by atoms with Crippen LogP contribution in [0.15, 0.2) is 152 Å². The summed E-state index contributed by atoms with van der Waals surface area (Å²) in [6.07, 6.45) is -2.29. The van der Waals surface area contributed by atoms with E-state index in [9.17, 15) is 38.7 Å². The zero-order chi connectivity index (χ0) is 51.5. The minimum Gasteiger partial charge on any atom is -0.480 e. The Morgan fingerprint density at radius 1 is 0.472 bits per heavy atom. The molecule has 5 rings (SSSR count). The molecule has 18 nitrogen and oxygen atoms in total. The molecule has 7 N–H and O–H groups in total. The van der Waals surface area contributed by atoms with E-state index in [4.69, 9.17) is 29.4 Å². The summed E-state index contributed by atoms with van der Waals surface area (Å²) in [5, 5.41) is 20.3. The summed E-state index contributed by atoms with van der Waals surface area (Å²) in [7, 11) is 0. The van der Waals surface area contributed by atoms with Crippen molar-refractivity contribution in [2.45, 2.75) is 95.5 Å². The molecular formula is C54H61N5O13. The molecule has 0 aliphatic heterocycles. The molecule has 0 radical (unpaired) electrons. The quantitative estimate of drug-likeness (QED) is 0.0355. The van der Waals surface area contributed by atoms with Crippen molar-refractivity contribution in [3.63, 3.8) is 0 Å². The molecule has 0 aliphatic rings. The highest BCUT2D eigenvalue weighted by atomic mass is 16.5. The van der Waals surface area contributed by atoms with Gasteiger partial charge in [-0.2, -0.15) is 0 Å². The molecule has 5 aromatic carbocycles. The maximum atomic E-state index is 14.4. The number of carboxylic acid groups (broad SMARTS) is 1. The van der Waals surface area contributed by atoms with Gasteiger partial charge < -0.3 is 55.8 Å². The van der Waals surface area contributed by atoms with Crippen LogP contribution in [0.3, 0.4) is 0 Å². The summed E-state index contributed by atoms with van der Waals surface area (Å²) >= 11 is 0. The largest absolute Gasteiger partial charge is 0.480 e. The lowest BCUT2D eigenvalue weighted by Crippen LogP contribution is -2.62. The van der Waals surface area contributed by atoms with E-state index in [-0.39, 0.29) is 45.9 Å².